The van der Waals surface area contributed by atoms with Crippen molar-refractivity contribution in [2.75, 3.05) is 27.2 Å². The predicted molar refractivity (Wildman–Crippen MR) is 77.3 cm³/mol. The van der Waals surface area contributed by atoms with Crippen LogP contribution in [0.5, 0.6) is 0 Å². The van der Waals surface area contributed by atoms with E-state index in [2.05, 4.69) is 47.1 Å². The lowest BCUT2D eigenvalue weighted by atomic mass is 10.4. The van der Waals surface area contributed by atoms with Gasteiger partial charge < -0.3 is 10.2 Å². The van der Waals surface area contributed by atoms with E-state index in [9.17, 15) is 0 Å². The average Bonchev–Trinajstić information content (AvgIpc) is 2.61. The summed E-state index contributed by atoms with van der Waals surface area (Å²) < 4.78 is 2.07. The molecule has 0 fully saturated rings. The van der Waals surface area contributed by atoms with Crippen LogP contribution in [0.4, 0.5) is 0 Å². The van der Waals surface area contributed by atoms with Crippen LogP contribution in [0.2, 0.25) is 0 Å². The summed E-state index contributed by atoms with van der Waals surface area (Å²) in [6.07, 6.45) is 3.00. The first-order chi connectivity index (χ1) is 7.24. The molecular weight excluding hydrogens is 259 g/mol. The van der Waals surface area contributed by atoms with Crippen molar-refractivity contribution >= 4 is 24.8 Å². The summed E-state index contributed by atoms with van der Waals surface area (Å²) in [5.41, 5.74) is 1.27. The average molecular weight is 283 g/mol. The molecule has 102 valence electrons. The fourth-order valence-corrected chi connectivity index (χ4v) is 1.44. The molecule has 0 bridgehead atoms. The lowest BCUT2D eigenvalue weighted by Gasteiger charge is -2.11. The van der Waals surface area contributed by atoms with E-state index in [1.807, 2.05) is 6.20 Å². The molecule has 1 N–H and O–H groups in total. The van der Waals surface area contributed by atoms with Gasteiger partial charge in [-0.05, 0) is 26.6 Å². The van der Waals surface area contributed by atoms with Gasteiger partial charge in [-0.2, -0.15) is 5.10 Å². The number of halogens is 2. The Morgan fingerprint density at radius 2 is 2.06 bits per heavy atom. The molecule has 0 unspecified atom stereocenters. The highest BCUT2D eigenvalue weighted by Gasteiger charge is 2.00. The van der Waals surface area contributed by atoms with Crippen LogP contribution < -0.4 is 5.32 Å². The summed E-state index contributed by atoms with van der Waals surface area (Å²) in [6, 6.07) is 2.08. The van der Waals surface area contributed by atoms with Gasteiger partial charge in [-0.1, -0.05) is 6.92 Å². The highest BCUT2D eigenvalue weighted by Crippen LogP contribution is 1.99. The van der Waals surface area contributed by atoms with Crippen LogP contribution in [-0.2, 0) is 13.1 Å². The molecular formula is C11H24Cl2N4. The van der Waals surface area contributed by atoms with Gasteiger partial charge in [0.25, 0.3) is 0 Å². The second-order valence-corrected chi connectivity index (χ2v) is 4.03. The fraction of sp³-hybridized carbons (Fsp3) is 0.727. The first kappa shape index (κ1) is 19.1. The van der Waals surface area contributed by atoms with Crippen LogP contribution in [0.3, 0.4) is 0 Å². The van der Waals surface area contributed by atoms with Crippen molar-refractivity contribution < 1.29 is 0 Å². The van der Waals surface area contributed by atoms with Gasteiger partial charge >= 0.3 is 0 Å². The van der Waals surface area contributed by atoms with E-state index in [4.69, 9.17) is 0 Å². The zero-order valence-electron chi connectivity index (χ0n) is 10.8. The molecule has 1 aromatic heterocycles. The number of nitrogens with zero attached hydrogens (tertiary/aromatic N) is 3. The van der Waals surface area contributed by atoms with Crippen molar-refractivity contribution in [2.45, 2.75) is 26.4 Å². The van der Waals surface area contributed by atoms with Gasteiger partial charge in [0.2, 0.25) is 0 Å². The Bertz CT molecular complexity index is 276. The van der Waals surface area contributed by atoms with Crippen LogP contribution in [0.25, 0.3) is 0 Å². The number of rotatable bonds is 7. The van der Waals surface area contributed by atoms with E-state index in [0.29, 0.717) is 0 Å². The van der Waals surface area contributed by atoms with Gasteiger partial charge in [-0.3, -0.25) is 4.68 Å². The minimum atomic E-state index is 0. The number of aromatic nitrogens is 2. The Morgan fingerprint density at radius 3 is 2.65 bits per heavy atom. The van der Waals surface area contributed by atoms with Gasteiger partial charge in [0.05, 0.1) is 5.69 Å². The molecule has 1 aromatic rings. The topological polar surface area (TPSA) is 33.1 Å². The van der Waals surface area contributed by atoms with Crippen molar-refractivity contribution in [2.24, 2.45) is 0 Å². The van der Waals surface area contributed by atoms with E-state index in [-0.39, 0.29) is 24.8 Å². The Hall–Kier alpha value is -0.290. The van der Waals surface area contributed by atoms with E-state index in [0.717, 1.165) is 32.6 Å². The molecule has 0 aliphatic carbocycles. The summed E-state index contributed by atoms with van der Waals surface area (Å²) in [5, 5.41) is 7.70. The maximum absolute atomic E-state index is 4.29. The van der Waals surface area contributed by atoms with Crippen molar-refractivity contribution in [1.82, 2.24) is 20.0 Å². The maximum atomic E-state index is 4.29. The number of nitrogens with one attached hydrogen (secondary N) is 1. The standard InChI is InChI=1S/C11H22N4.2ClH/c1-4-8-15-11(5-6-13-15)10-12-7-9-14(2)3;;/h5-6,12H,4,7-10H2,1-3H3;2*1H. The predicted octanol–water partition coefficient (Wildman–Crippen LogP) is 1.79. The van der Waals surface area contributed by atoms with Crippen LogP contribution in [0, 0.1) is 0 Å². The molecule has 6 heteroatoms. The molecule has 0 saturated carbocycles. The molecule has 0 radical (unpaired) electrons. The summed E-state index contributed by atoms with van der Waals surface area (Å²) in [6.45, 7) is 6.18. The molecule has 0 aliphatic rings. The Balaban J connectivity index is 0. The number of hydrogen-bond donors (Lipinski definition) is 1. The Morgan fingerprint density at radius 1 is 1.35 bits per heavy atom. The van der Waals surface area contributed by atoms with Gasteiger partial charge in [0, 0.05) is 32.4 Å². The van der Waals surface area contributed by atoms with Crippen molar-refractivity contribution in [3.05, 3.63) is 18.0 Å². The van der Waals surface area contributed by atoms with Crippen molar-refractivity contribution in [3.8, 4) is 0 Å². The number of likely N-dealkylation sites (N-methyl/N-ethyl adjacent to an activating group) is 1. The van der Waals surface area contributed by atoms with Gasteiger partial charge in [0.15, 0.2) is 0 Å². The Kier molecular flexibility index (Phi) is 12.2. The fourth-order valence-electron chi connectivity index (χ4n) is 1.44. The molecule has 1 rings (SSSR count). The summed E-state index contributed by atoms with van der Waals surface area (Å²) in [4.78, 5) is 2.18. The van der Waals surface area contributed by atoms with Crippen LogP contribution in [0.15, 0.2) is 12.3 Å². The van der Waals surface area contributed by atoms with Gasteiger partial charge in [-0.15, -0.1) is 24.8 Å². The van der Waals surface area contributed by atoms with Crippen molar-refractivity contribution in [3.63, 3.8) is 0 Å². The van der Waals surface area contributed by atoms with Crippen LogP contribution in [-0.4, -0.2) is 41.9 Å². The van der Waals surface area contributed by atoms with E-state index < -0.39 is 0 Å². The van der Waals surface area contributed by atoms with E-state index >= 15 is 0 Å². The molecule has 17 heavy (non-hydrogen) atoms. The maximum Gasteiger partial charge on any atom is 0.0522 e. The monoisotopic (exact) mass is 282 g/mol. The molecule has 4 nitrogen and oxygen atoms in total. The molecule has 0 saturated heterocycles. The molecule has 0 spiro atoms. The second-order valence-electron chi connectivity index (χ2n) is 4.03. The quantitative estimate of drug-likeness (QED) is 0.774. The number of aryl methyl sites for hydroxylation is 1. The molecule has 0 atom stereocenters. The third-order valence-electron chi connectivity index (χ3n) is 2.28. The first-order valence-electron chi connectivity index (χ1n) is 5.60. The molecule has 1 heterocycles. The normalized spacial score (nSPS) is 9.88. The van der Waals surface area contributed by atoms with E-state index in [1.54, 1.807) is 0 Å². The largest absolute Gasteiger partial charge is 0.310 e. The smallest absolute Gasteiger partial charge is 0.0522 e. The summed E-state index contributed by atoms with van der Waals surface area (Å²) >= 11 is 0. The van der Waals surface area contributed by atoms with Crippen LogP contribution >= 0.6 is 24.8 Å². The highest BCUT2D eigenvalue weighted by molar-refractivity contribution is 5.85. The molecule has 0 aromatic carbocycles. The lowest BCUT2D eigenvalue weighted by Crippen LogP contribution is -2.27. The third kappa shape index (κ3) is 7.60. The minimum Gasteiger partial charge on any atom is -0.310 e. The van der Waals surface area contributed by atoms with Crippen molar-refractivity contribution in [1.29, 1.82) is 0 Å². The highest BCUT2D eigenvalue weighted by atomic mass is 35.5. The first-order valence-corrected chi connectivity index (χ1v) is 5.60. The summed E-state index contributed by atoms with van der Waals surface area (Å²) in [7, 11) is 4.17. The van der Waals surface area contributed by atoms with Gasteiger partial charge in [0.1, 0.15) is 0 Å². The number of hydrogen-bond acceptors (Lipinski definition) is 3. The Labute approximate surface area is 117 Å². The van der Waals surface area contributed by atoms with E-state index in [1.165, 1.54) is 5.69 Å². The zero-order chi connectivity index (χ0) is 11.1. The minimum absolute atomic E-state index is 0. The summed E-state index contributed by atoms with van der Waals surface area (Å²) in [5.74, 6) is 0. The molecule has 0 amide bonds. The third-order valence-corrected chi connectivity index (χ3v) is 2.28. The van der Waals surface area contributed by atoms with Gasteiger partial charge in [-0.25, -0.2) is 0 Å². The van der Waals surface area contributed by atoms with Crippen LogP contribution in [0.1, 0.15) is 19.0 Å². The molecule has 0 aliphatic heterocycles. The SMILES string of the molecule is CCCn1nccc1CNCCN(C)C.Cl.Cl. The second kappa shape index (κ2) is 10.8. The lowest BCUT2D eigenvalue weighted by molar-refractivity contribution is 0.397. The zero-order valence-corrected chi connectivity index (χ0v) is 12.5.